The largest absolute Gasteiger partial charge is 0.464 e. The molecule has 2 atom stereocenters. The molecule has 0 spiro atoms. The zero-order valence-electron chi connectivity index (χ0n) is 21.7. The van der Waals surface area contributed by atoms with Gasteiger partial charge in [0.2, 0.25) is 5.91 Å². The van der Waals surface area contributed by atoms with Gasteiger partial charge in [0.15, 0.2) is 6.10 Å². The van der Waals surface area contributed by atoms with Crippen LogP contribution in [0.15, 0.2) is 78.9 Å². The highest BCUT2D eigenvalue weighted by molar-refractivity contribution is 5.83. The van der Waals surface area contributed by atoms with Crippen molar-refractivity contribution < 1.29 is 28.7 Å². The monoisotopic (exact) mass is 529 g/mol. The molecule has 1 aliphatic carbocycles. The van der Waals surface area contributed by atoms with Crippen LogP contribution in [0.2, 0.25) is 0 Å². The summed E-state index contributed by atoms with van der Waals surface area (Å²) < 4.78 is 10.6. The van der Waals surface area contributed by atoms with Crippen LogP contribution in [0.5, 0.6) is 0 Å². The molecule has 0 unspecified atom stereocenters. The number of nitrogens with zero attached hydrogens (tertiary/aromatic N) is 1. The third kappa shape index (κ3) is 6.10. The van der Waals surface area contributed by atoms with Gasteiger partial charge in [-0.3, -0.25) is 9.63 Å². The van der Waals surface area contributed by atoms with E-state index in [9.17, 15) is 14.4 Å². The number of hydrogen-bond acceptors (Lipinski definition) is 7. The normalized spacial score (nSPS) is 18.2. The van der Waals surface area contributed by atoms with Gasteiger partial charge in [-0.15, -0.1) is 0 Å². The Balaban J connectivity index is 1.14. The van der Waals surface area contributed by atoms with Crippen molar-refractivity contribution >= 4 is 18.0 Å². The molecule has 2 amide bonds. The number of carbonyl (C=O) groups is 3. The number of ether oxygens (including phenoxy) is 2. The summed E-state index contributed by atoms with van der Waals surface area (Å²) >= 11 is 0. The molecule has 3 aromatic rings. The molecule has 1 saturated heterocycles. The van der Waals surface area contributed by atoms with Crippen LogP contribution in [0.4, 0.5) is 4.79 Å². The minimum absolute atomic E-state index is 0.0704. The summed E-state index contributed by atoms with van der Waals surface area (Å²) in [6, 6.07) is 25.7. The molecule has 9 nitrogen and oxygen atoms in total. The van der Waals surface area contributed by atoms with E-state index in [0.717, 1.165) is 27.8 Å². The van der Waals surface area contributed by atoms with Crippen LogP contribution in [0.3, 0.4) is 0 Å². The highest BCUT2D eigenvalue weighted by Gasteiger charge is 2.39. The number of hydroxylamine groups is 2. The second-order valence-corrected chi connectivity index (χ2v) is 9.41. The maximum Gasteiger partial charge on any atom is 0.407 e. The molecule has 2 N–H and O–H groups in total. The summed E-state index contributed by atoms with van der Waals surface area (Å²) in [7, 11) is 0. The van der Waals surface area contributed by atoms with Crippen LogP contribution in [0.1, 0.15) is 36.0 Å². The van der Waals surface area contributed by atoms with E-state index < -0.39 is 30.2 Å². The highest BCUT2D eigenvalue weighted by Crippen LogP contribution is 2.44. The Labute approximate surface area is 227 Å². The van der Waals surface area contributed by atoms with Gasteiger partial charge in [0, 0.05) is 12.3 Å². The highest BCUT2D eigenvalue weighted by atomic mass is 16.7. The predicted molar refractivity (Wildman–Crippen MR) is 143 cm³/mol. The predicted octanol–water partition coefficient (Wildman–Crippen LogP) is 3.74. The second kappa shape index (κ2) is 12.1. The van der Waals surface area contributed by atoms with E-state index in [4.69, 9.17) is 14.3 Å². The van der Waals surface area contributed by atoms with Crippen LogP contribution in [-0.2, 0) is 30.4 Å². The first-order valence-electron chi connectivity index (χ1n) is 13.1. The molecular formula is C30H31N3O6. The average Bonchev–Trinajstić information content (AvgIpc) is 3.50. The van der Waals surface area contributed by atoms with Crippen molar-refractivity contribution in [2.24, 2.45) is 0 Å². The number of nitrogens with one attached hydrogen (secondary N) is 2. The van der Waals surface area contributed by atoms with Gasteiger partial charge in [-0.1, -0.05) is 78.9 Å². The summed E-state index contributed by atoms with van der Waals surface area (Å²) in [6.07, 6.45) is -1.85. The summed E-state index contributed by atoms with van der Waals surface area (Å²) in [5, 5.41) is 6.92. The Hall–Kier alpha value is -4.21. The molecule has 0 bridgehead atoms. The lowest BCUT2D eigenvalue weighted by atomic mass is 9.98. The molecule has 3 aromatic carbocycles. The maximum atomic E-state index is 12.7. The molecule has 1 aliphatic heterocycles. The second-order valence-electron chi connectivity index (χ2n) is 9.41. The fraction of sp³-hybridized carbons (Fsp3) is 0.300. The summed E-state index contributed by atoms with van der Waals surface area (Å²) in [5.41, 5.74) is 5.46. The lowest BCUT2D eigenvalue weighted by molar-refractivity contribution is -0.195. The maximum absolute atomic E-state index is 12.7. The van der Waals surface area contributed by atoms with Gasteiger partial charge in [0.1, 0.15) is 19.3 Å². The Bertz CT molecular complexity index is 1290. The molecule has 0 aromatic heterocycles. The number of carbonyl (C=O) groups excluding carboxylic acids is 3. The quantitative estimate of drug-likeness (QED) is 0.407. The van der Waals surface area contributed by atoms with Gasteiger partial charge in [-0.25, -0.2) is 9.59 Å². The van der Waals surface area contributed by atoms with Crippen molar-refractivity contribution in [2.45, 2.75) is 38.1 Å². The van der Waals surface area contributed by atoms with Gasteiger partial charge in [0.25, 0.3) is 0 Å². The van der Waals surface area contributed by atoms with Crippen LogP contribution in [0.25, 0.3) is 11.1 Å². The van der Waals surface area contributed by atoms with E-state index in [-0.39, 0.29) is 32.1 Å². The number of amides is 2. The lowest BCUT2D eigenvalue weighted by Gasteiger charge is -2.23. The molecular weight excluding hydrogens is 498 g/mol. The number of benzene rings is 3. The third-order valence-corrected chi connectivity index (χ3v) is 6.84. The van der Waals surface area contributed by atoms with Crippen molar-refractivity contribution in [3.05, 3.63) is 95.6 Å². The van der Waals surface area contributed by atoms with Crippen LogP contribution >= 0.6 is 0 Å². The molecule has 9 heteroatoms. The van der Waals surface area contributed by atoms with E-state index in [0.29, 0.717) is 6.54 Å². The Morgan fingerprint density at radius 1 is 0.897 bits per heavy atom. The molecule has 2 aliphatic rings. The van der Waals surface area contributed by atoms with Gasteiger partial charge in [-0.2, -0.15) is 5.06 Å². The number of esters is 1. The smallest absolute Gasteiger partial charge is 0.407 e. The molecule has 1 fully saturated rings. The van der Waals surface area contributed by atoms with Crippen LogP contribution in [0, 0.1) is 0 Å². The standard InChI is InChI=1S/C30H31N3O6/c1-2-37-29(35)26-16-27(33(39-26)18-20-10-4-3-5-11-20)32-28(34)17-31-30(36)38-19-25-23-14-8-6-12-21(23)22-13-7-9-15-24(22)25/h3-15,25-27H,2,16-19H2,1H3,(H,31,36)(H,32,34)/t26-,27-/m1/s1. The molecule has 39 heavy (non-hydrogen) atoms. The molecule has 0 radical (unpaired) electrons. The van der Waals surface area contributed by atoms with E-state index in [1.54, 1.807) is 12.0 Å². The van der Waals surface area contributed by atoms with E-state index >= 15 is 0 Å². The van der Waals surface area contributed by atoms with Crippen molar-refractivity contribution in [2.75, 3.05) is 19.8 Å². The SMILES string of the molecule is CCOC(=O)[C@H]1C[C@H](NC(=O)CNC(=O)OCC2c3ccccc3-c3ccccc32)N(Cc2ccccc2)O1. The number of hydrogen-bond donors (Lipinski definition) is 2. The van der Waals surface area contributed by atoms with Crippen LogP contribution < -0.4 is 10.6 Å². The van der Waals surface area contributed by atoms with Crippen molar-refractivity contribution in [1.29, 1.82) is 0 Å². The topological polar surface area (TPSA) is 106 Å². The fourth-order valence-electron chi connectivity index (χ4n) is 5.06. The molecule has 0 saturated carbocycles. The number of fused-ring (bicyclic) bond motifs is 3. The summed E-state index contributed by atoms with van der Waals surface area (Å²) in [5.74, 6) is -0.984. The lowest BCUT2D eigenvalue weighted by Crippen LogP contribution is -2.47. The average molecular weight is 530 g/mol. The number of alkyl carbamates (subject to hydrolysis) is 1. The van der Waals surface area contributed by atoms with Gasteiger partial charge < -0.3 is 20.1 Å². The van der Waals surface area contributed by atoms with Gasteiger partial charge >= 0.3 is 12.1 Å². The van der Waals surface area contributed by atoms with Gasteiger partial charge in [-0.05, 0) is 34.7 Å². The molecule has 202 valence electrons. The zero-order chi connectivity index (χ0) is 27.2. The Kier molecular flexibility index (Phi) is 8.19. The number of rotatable bonds is 9. The summed E-state index contributed by atoms with van der Waals surface area (Å²) in [6.45, 7) is 2.20. The van der Waals surface area contributed by atoms with Crippen LogP contribution in [-0.4, -0.2) is 55.1 Å². The van der Waals surface area contributed by atoms with E-state index in [2.05, 4.69) is 22.8 Å². The third-order valence-electron chi connectivity index (χ3n) is 6.84. The summed E-state index contributed by atoms with van der Waals surface area (Å²) in [4.78, 5) is 43.3. The molecule has 1 heterocycles. The Morgan fingerprint density at radius 2 is 1.54 bits per heavy atom. The minimum atomic E-state index is -0.825. The van der Waals surface area contributed by atoms with Crippen molar-refractivity contribution in [3.8, 4) is 11.1 Å². The zero-order valence-corrected chi connectivity index (χ0v) is 21.7. The first-order valence-corrected chi connectivity index (χ1v) is 13.1. The van der Waals surface area contributed by atoms with E-state index in [1.807, 2.05) is 66.7 Å². The van der Waals surface area contributed by atoms with Crippen molar-refractivity contribution in [3.63, 3.8) is 0 Å². The van der Waals surface area contributed by atoms with E-state index in [1.165, 1.54) is 0 Å². The first kappa shape index (κ1) is 26.4. The van der Waals surface area contributed by atoms with Crippen molar-refractivity contribution in [1.82, 2.24) is 15.7 Å². The fourth-order valence-corrected chi connectivity index (χ4v) is 5.06. The molecule has 5 rings (SSSR count). The van der Waals surface area contributed by atoms with Gasteiger partial charge in [0.05, 0.1) is 13.2 Å². The minimum Gasteiger partial charge on any atom is -0.464 e. The first-order chi connectivity index (χ1) is 19.0. The Morgan fingerprint density at radius 3 is 2.21 bits per heavy atom.